The van der Waals surface area contributed by atoms with Crippen molar-refractivity contribution < 1.29 is 13.5 Å². The van der Waals surface area contributed by atoms with Gasteiger partial charge in [-0.05, 0) is 97.0 Å². The number of benzene rings is 4. The summed E-state index contributed by atoms with van der Waals surface area (Å²) in [6.45, 7) is 10.8. The van der Waals surface area contributed by atoms with Gasteiger partial charge in [0.1, 0.15) is 5.82 Å². The summed E-state index contributed by atoms with van der Waals surface area (Å²) in [5.74, 6) is 0.909. The Balaban J connectivity index is 1.33. The predicted octanol–water partition coefficient (Wildman–Crippen LogP) is 9.16. The van der Waals surface area contributed by atoms with Crippen LogP contribution in [0.4, 0.5) is 11.4 Å². The van der Waals surface area contributed by atoms with Crippen molar-refractivity contribution in [1.29, 1.82) is 0 Å². The highest BCUT2D eigenvalue weighted by Crippen LogP contribution is 2.33. The Kier molecular flexibility index (Phi) is 9.97. The maximum absolute atomic E-state index is 12.4. The molecule has 5 aromatic rings. The largest absolute Gasteiger partial charge is 0.493 e. The molecule has 0 aliphatic carbocycles. The minimum atomic E-state index is -3.90. The summed E-state index contributed by atoms with van der Waals surface area (Å²) in [5, 5.41) is 10.8. The van der Waals surface area contributed by atoms with E-state index in [1.165, 1.54) is 16.8 Å². The van der Waals surface area contributed by atoms with Crippen molar-refractivity contribution in [3.05, 3.63) is 130 Å². The Morgan fingerprint density at radius 1 is 0.878 bits per heavy atom. The summed E-state index contributed by atoms with van der Waals surface area (Å²) in [7, 11) is -3.90. The molecule has 0 radical (unpaired) electrons. The second-order valence-corrected chi connectivity index (χ2v) is 14.8. The average Bonchev–Trinajstić information content (AvgIpc) is 3.60. The number of hydrogen-bond acceptors (Lipinski definition) is 5. The summed E-state index contributed by atoms with van der Waals surface area (Å²) >= 11 is 12.8. The first-order valence-corrected chi connectivity index (χ1v) is 18.5. The zero-order valence-corrected chi connectivity index (χ0v) is 30.2. The normalized spacial score (nSPS) is 13.9. The molecule has 1 aliphatic heterocycles. The first-order valence-electron chi connectivity index (χ1n) is 16.3. The molecule has 0 saturated carbocycles. The van der Waals surface area contributed by atoms with Crippen LogP contribution in [-0.2, 0) is 23.1 Å². The van der Waals surface area contributed by atoms with Gasteiger partial charge in [-0.3, -0.25) is 0 Å². The molecular formula is C38H39Cl2N5O3S. The number of imidazole rings is 1. The van der Waals surface area contributed by atoms with Crippen LogP contribution in [0.3, 0.4) is 0 Å². The van der Waals surface area contributed by atoms with Crippen LogP contribution in [0.5, 0.6) is 0 Å². The van der Waals surface area contributed by atoms with Crippen LogP contribution < -0.4 is 13.9 Å². The Labute approximate surface area is 298 Å². The molecule has 2 N–H and O–H groups in total. The number of aliphatic hydroxyl groups excluding tert-OH is 1. The van der Waals surface area contributed by atoms with E-state index in [0.29, 0.717) is 33.8 Å². The minimum absolute atomic E-state index is 0.375. The monoisotopic (exact) mass is 715 g/mol. The van der Waals surface area contributed by atoms with Crippen LogP contribution in [0.2, 0.25) is 10.0 Å². The van der Waals surface area contributed by atoms with Crippen molar-refractivity contribution in [3.8, 4) is 28.1 Å². The topological polar surface area (TPSA) is 90.7 Å². The van der Waals surface area contributed by atoms with Crippen LogP contribution in [0.25, 0.3) is 28.1 Å². The van der Waals surface area contributed by atoms with E-state index in [9.17, 15) is 13.5 Å². The molecule has 6 rings (SSSR count). The smallest absolute Gasteiger partial charge is 0.330 e. The lowest BCUT2D eigenvalue weighted by atomic mass is 9.96. The highest BCUT2D eigenvalue weighted by Gasteiger charge is 2.28. The van der Waals surface area contributed by atoms with Gasteiger partial charge in [0.05, 0.1) is 22.6 Å². The van der Waals surface area contributed by atoms with E-state index in [-0.39, 0.29) is 0 Å². The van der Waals surface area contributed by atoms with E-state index in [2.05, 4.69) is 79.8 Å². The maximum Gasteiger partial charge on any atom is 0.330 e. The first-order chi connectivity index (χ1) is 23.4. The number of nitrogens with zero attached hydrogens (tertiary/aromatic N) is 4. The number of aromatic nitrogens is 2. The standard InChI is InChI=1S/C38H39Cl2N5O3S/c1-5-43(6-2)36-21-28(11-12-29(36)19-25(3)4)27-9-7-26(8-10-27)20-37-41-35(33-18-13-30(39)22-34(33)40)23-44(37)31-14-16-32(17-15-31)45-24-38(46)42-49(45,47)48/h7-18,21-25,42,46H,5-6,19-20H2,1-4H3. The number of rotatable bonds is 11. The SMILES string of the molecule is CCN(CC)c1cc(-c2ccc(Cc3nc(-c4ccc(Cl)cc4Cl)cn3-c3ccc(N4C=C(O)NS4(=O)=O)cc3)cc2)ccc1CC(C)C. The predicted molar refractivity (Wildman–Crippen MR) is 201 cm³/mol. The van der Waals surface area contributed by atoms with Crippen LogP contribution >= 0.6 is 23.2 Å². The highest BCUT2D eigenvalue weighted by molar-refractivity contribution is 7.91. The molecule has 2 heterocycles. The molecule has 254 valence electrons. The van der Waals surface area contributed by atoms with Gasteiger partial charge in [0.15, 0.2) is 0 Å². The molecule has 0 unspecified atom stereocenters. The molecule has 0 bridgehead atoms. The fourth-order valence-corrected chi connectivity index (χ4v) is 7.73. The zero-order chi connectivity index (χ0) is 34.9. The Morgan fingerprint density at radius 2 is 1.55 bits per heavy atom. The van der Waals surface area contributed by atoms with Gasteiger partial charge in [0.2, 0.25) is 5.88 Å². The molecule has 0 atom stereocenters. The minimum Gasteiger partial charge on any atom is -0.493 e. The average molecular weight is 717 g/mol. The van der Waals surface area contributed by atoms with Crippen molar-refractivity contribution >= 4 is 44.8 Å². The Morgan fingerprint density at radius 3 is 2.16 bits per heavy atom. The van der Waals surface area contributed by atoms with Crippen molar-refractivity contribution in [1.82, 2.24) is 14.3 Å². The molecule has 11 heteroatoms. The molecule has 0 amide bonds. The second-order valence-electron chi connectivity index (χ2n) is 12.5. The van der Waals surface area contributed by atoms with Gasteiger partial charge in [-0.25, -0.2) is 14.0 Å². The molecule has 8 nitrogen and oxygen atoms in total. The summed E-state index contributed by atoms with van der Waals surface area (Å²) in [5.41, 5.74) is 8.67. The van der Waals surface area contributed by atoms with E-state index < -0.39 is 16.1 Å². The van der Waals surface area contributed by atoms with E-state index in [1.54, 1.807) is 24.3 Å². The molecule has 0 fully saturated rings. The third-order valence-corrected chi connectivity index (χ3v) is 10.4. The molecule has 0 spiro atoms. The van der Waals surface area contributed by atoms with E-state index in [1.807, 2.05) is 29.0 Å². The fraction of sp³-hybridized carbons (Fsp3) is 0.237. The van der Waals surface area contributed by atoms with Crippen LogP contribution in [0.1, 0.15) is 44.6 Å². The lowest BCUT2D eigenvalue weighted by molar-refractivity contribution is 0.392. The van der Waals surface area contributed by atoms with Crippen LogP contribution in [0.15, 0.2) is 103 Å². The lowest BCUT2D eigenvalue weighted by Gasteiger charge is -2.26. The van der Waals surface area contributed by atoms with E-state index in [0.717, 1.165) is 58.2 Å². The third-order valence-electron chi connectivity index (χ3n) is 8.57. The van der Waals surface area contributed by atoms with E-state index >= 15 is 0 Å². The van der Waals surface area contributed by atoms with Gasteiger partial charge in [0.25, 0.3) is 0 Å². The summed E-state index contributed by atoms with van der Waals surface area (Å²) < 4.78 is 29.8. The first kappa shape index (κ1) is 34.4. The van der Waals surface area contributed by atoms with Gasteiger partial charge in [-0.15, -0.1) is 0 Å². The molecular weight excluding hydrogens is 677 g/mol. The van der Waals surface area contributed by atoms with Crippen molar-refractivity contribution in [2.75, 3.05) is 22.3 Å². The van der Waals surface area contributed by atoms with Crippen molar-refractivity contribution in [2.24, 2.45) is 5.92 Å². The third kappa shape index (κ3) is 7.44. The molecule has 49 heavy (non-hydrogen) atoms. The van der Waals surface area contributed by atoms with Gasteiger partial charge >= 0.3 is 10.2 Å². The van der Waals surface area contributed by atoms with E-state index in [4.69, 9.17) is 28.2 Å². The molecule has 4 aromatic carbocycles. The maximum atomic E-state index is 12.4. The summed E-state index contributed by atoms with van der Waals surface area (Å²) in [6.07, 6.45) is 4.62. The molecule has 1 aromatic heterocycles. The van der Waals surface area contributed by atoms with Crippen molar-refractivity contribution in [2.45, 2.75) is 40.5 Å². The Bertz CT molecular complexity index is 2110. The number of hydrogen-bond donors (Lipinski definition) is 2. The van der Waals surface area contributed by atoms with Gasteiger partial charge < -0.3 is 14.6 Å². The van der Waals surface area contributed by atoms with Gasteiger partial charge in [-0.2, -0.15) is 8.42 Å². The summed E-state index contributed by atoms with van der Waals surface area (Å²) in [4.78, 5) is 7.43. The Hall–Kier alpha value is -4.44. The summed E-state index contributed by atoms with van der Waals surface area (Å²) in [6, 6.07) is 27.7. The number of anilines is 2. The number of aliphatic hydroxyl groups is 1. The number of halogens is 2. The zero-order valence-electron chi connectivity index (χ0n) is 27.9. The lowest BCUT2D eigenvalue weighted by Crippen LogP contribution is -2.29. The highest BCUT2D eigenvalue weighted by atomic mass is 35.5. The quantitative estimate of drug-likeness (QED) is 0.142. The van der Waals surface area contributed by atoms with Crippen molar-refractivity contribution in [3.63, 3.8) is 0 Å². The number of nitrogens with one attached hydrogen (secondary N) is 1. The van der Waals surface area contributed by atoms with Crippen LogP contribution in [-0.4, -0.2) is 36.2 Å². The fourth-order valence-electron chi connectivity index (χ4n) is 6.17. The van der Waals surface area contributed by atoms with Gasteiger partial charge in [-0.1, -0.05) is 73.4 Å². The van der Waals surface area contributed by atoms with Crippen LogP contribution in [0, 0.1) is 5.92 Å². The second kappa shape index (κ2) is 14.2. The molecule has 0 saturated heterocycles. The molecule has 1 aliphatic rings. The van der Waals surface area contributed by atoms with Gasteiger partial charge in [0, 0.05) is 47.7 Å².